The summed E-state index contributed by atoms with van der Waals surface area (Å²) in [5.41, 5.74) is 5.02. The van der Waals surface area contributed by atoms with Crippen LogP contribution >= 0.6 is 0 Å². The van der Waals surface area contributed by atoms with E-state index < -0.39 is 0 Å². The maximum Gasteiger partial charge on any atom is 0.258 e. The van der Waals surface area contributed by atoms with Crippen molar-refractivity contribution >= 4 is 17.5 Å². The number of carbonyl (C=O) groups is 2. The lowest BCUT2D eigenvalue weighted by Gasteiger charge is -2.23. The molecule has 0 saturated heterocycles. The van der Waals surface area contributed by atoms with Crippen molar-refractivity contribution in [3.05, 3.63) is 89.0 Å². The van der Waals surface area contributed by atoms with Crippen LogP contribution < -0.4 is 20.1 Å². The zero-order chi connectivity index (χ0) is 22.6. The second-order valence-corrected chi connectivity index (χ2v) is 8.39. The Morgan fingerprint density at radius 3 is 2.73 bits per heavy atom. The van der Waals surface area contributed by atoms with Crippen molar-refractivity contribution in [2.75, 3.05) is 18.5 Å². The van der Waals surface area contributed by atoms with Gasteiger partial charge in [0, 0.05) is 12.1 Å². The van der Waals surface area contributed by atoms with Crippen LogP contribution in [0.15, 0.2) is 66.7 Å². The predicted octanol–water partition coefficient (Wildman–Crippen LogP) is 4.18. The Morgan fingerprint density at radius 2 is 1.85 bits per heavy atom. The Bertz CT molecular complexity index is 1180. The van der Waals surface area contributed by atoms with Crippen molar-refractivity contribution in [1.82, 2.24) is 5.32 Å². The molecule has 2 aliphatic heterocycles. The van der Waals surface area contributed by atoms with Crippen LogP contribution in [0.3, 0.4) is 0 Å². The lowest BCUT2D eigenvalue weighted by molar-refractivity contribution is -0.123. The van der Waals surface area contributed by atoms with E-state index >= 15 is 0 Å². The first kappa shape index (κ1) is 21.1. The van der Waals surface area contributed by atoms with Gasteiger partial charge < -0.3 is 20.1 Å². The van der Waals surface area contributed by atoms with Gasteiger partial charge in [0.25, 0.3) is 5.91 Å². The van der Waals surface area contributed by atoms with Gasteiger partial charge in [-0.1, -0.05) is 36.4 Å². The monoisotopic (exact) mass is 442 g/mol. The number of benzene rings is 3. The van der Waals surface area contributed by atoms with Crippen molar-refractivity contribution in [3.63, 3.8) is 0 Å². The molecular weight excluding hydrogens is 416 g/mol. The number of aryl methyl sites for hydroxylation is 2. The number of fused-ring (bicyclic) bond motifs is 2. The van der Waals surface area contributed by atoms with Gasteiger partial charge in [0.15, 0.2) is 6.61 Å². The van der Waals surface area contributed by atoms with Gasteiger partial charge in [0.1, 0.15) is 11.5 Å². The fourth-order valence-electron chi connectivity index (χ4n) is 4.37. The first-order valence-corrected chi connectivity index (χ1v) is 11.3. The van der Waals surface area contributed by atoms with Crippen molar-refractivity contribution < 1.29 is 19.1 Å². The zero-order valence-electron chi connectivity index (χ0n) is 18.3. The van der Waals surface area contributed by atoms with Gasteiger partial charge in [-0.3, -0.25) is 9.59 Å². The summed E-state index contributed by atoms with van der Waals surface area (Å²) >= 11 is 0. The molecule has 0 aliphatic carbocycles. The number of amides is 2. The second-order valence-electron chi connectivity index (χ2n) is 8.39. The van der Waals surface area contributed by atoms with E-state index in [0.29, 0.717) is 18.6 Å². The van der Waals surface area contributed by atoms with E-state index in [1.807, 2.05) is 54.6 Å². The highest BCUT2D eigenvalue weighted by Gasteiger charge is 2.20. The van der Waals surface area contributed by atoms with Crippen molar-refractivity contribution in [1.29, 1.82) is 0 Å². The molecule has 33 heavy (non-hydrogen) atoms. The maximum absolute atomic E-state index is 12.9. The lowest BCUT2D eigenvalue weighted by Crippen LogP contribution is -2.33. The van der Waals surface area contributed by atoms with Crippen molar-refractivity contribution in [2.24, 2.45) is 0 Å². The molecule has 0 aromatic heterocycles. The van der Waals surface area contributed by atoms with Gasteiger partial charge in [-0.05, 0) is 71.8 Å². The molecule has 0 spiro atoms. The molecule has 2 aliphatic rings. The Kier molecular flexibility index (Phi) is 5.98. The third-order valence-corrected chi connectivity index (χ3v) is 6.05. The molecule has 6 heteroatoms. The molecule has 2 amide bonds. The summed E-state index contributed by atoms with van der Waals surface area (Å²) in [6, 6.07) is 21.3. The molecule has 0 saturated carbocycles. The van der Waals surface area contributed by atoms with Gasteiger partial charge in [-0.2, -0.15) is 0 Å². The van der Waals surface area contributed by atoms with Crippen LogP contribution in [0.5, 0.6) is 11.5 Å². The molecule has 1 atom stereocenters. The predicted molar refractivity (Wildman–Crippen MR) is 126 cm³/mol. The minimum absolute atomic E-state index is 0.0243. The van der Waals surface area contributed by atoms with E-state index in [4.69, 9.17) is 9.47 Å². The summed E-state index contributed by atoms with van der Waals surface area (Å²) in [5, 5.41) is 5.99. The summed E-state index contributed by atoms with van der Waals surface area (Å²) in [5.74, 6) is 1.36. The number of rotatable bonds is 6. The Balaban J connectivity index is 1.30. The normalized spacial score (nSPS) is 15.3. The smallest absolute Gasteiger partial charge is 0.258 e. The molecule has 1 unspecified atom stereocenters. The summed E-state index contributed by atoms with van der Waals surface area (Å²) in [4.78, 5) is 24.4. The lowest BCUT2D eigenvalue weighted by atomic mass is 9.95. The highest BCUT2D eigenvalue weighted by atomic mass is 16.5. The molecule has 168 valence electrons. The fraction of sp³-hybridized carbons (Fsp3) is 0.259. The minimum atomic E-state index is -0.284. The third-order valence-electron chi connectivity index (χ3n) is 6.05. The minimum Gasteiger partial charge on any atom is -0.493 e. The van der Waals surface area contributed by atoms with Gasteiger partial charge in [0.2, 0.25) is 5.91 Å². The van der Waals surface area contributed by atoms with Gasteiger partial charge in [-0.25, -0.2) is 0 Å². The summed E-state index contributed by atoms with van der Waals surface area (Å²) in [6.07, 6.45) is 3.10. The Morgan fingerprint density at radius 1 is 0.970 bits per heavy atom. The molecule has 3 aromatic rings. The number of hydrogen-bond donors (Lipinski definition) is 2. The van der Waals surface area contributed by atoms with Gasteiger partial charge in [-0.15, -0.1) is 0 Å². The van der Waals surface area contributed by atoms with Crippen molar-refractivity contribution in [2.45, 2.75) is 31.7 Å². The van der Waals surface area contributed by atoms with E-state index in [9.17, 15) is 9.59 Å². The standard InChI is InChI=1S/C27H26N2O4/c30-25-13-9-19-16-22(10-11-23(19)28-25)33-17-26(31)29-27(18-5-2-1-3-6-18)21-8-12-24-20(15-21)7-4-14-32-24/h1-3,5-6,8,10-12,15-16,27H,4,7,9,13-14,17H2,(H,28,30)(H,29,31). The topological polar surface area (TPSA) is 76.7 Å². The van der Waals surface area contributed by atoms with Crippen LogP contribution in [-0.2, 0) is 22.4 Å². The molecule has 0 bridgehead atoms. The number of carbonyl (C=O) groups excluding carboxylic acids is 2. The van der Waals surface area contributed by atoms with E-state index in [-0.39, 0.29) is 24.5 Å². The zero-order valence-corrected chi connectivity index (χ0v) is 18.3. The molecule has 0 fully saturated rings. The van der Waals surface area contributed by atoms with Gasteiger partial charge in [0.05, 0.1) is 12.6 Å². The van der Waals surface area contributed by atoms with Crippen LogP contribution in [-0.4, -0.2) is 25.0 Å². The number of nitrogens with one attached hydrogen (secondary N) is 2. The SMILES string of the molecule is O=C1CCc2cc(OCC(=O)NC(c3ccccc3)c3ccc4c(c3)CCCO4)ccc2N1. The highest BCUT2D eigenvalue weighted by molar-refractivity contribution is 5.94. The largest absolute Gasteiger partial charge is 0.493 e. The van der Waals surface area contributed by atoms with E-state index in [1.54, 1.807) is 6.07 Å². The van der Waals surface area contributed by atoms with Crippen LogP contribution in [0, 0.1) is 0 Å². The van der Waals surface area contributed by atoms with Crippen LogP contribution in [0.4, 0.5) is 5.69 Å². The summed E-state index contributed by atoms with van der Waals surface area (Å²) in [6.45, 7) is 0.653. The third kappa shape index (κ3) is 4.85. The van der Waals surface area contributed by atoms with E-state index in [2.05, 4.69) is 16.7 Å². The van der Waals surface area contributed by atoms with Gasteiger partial charge >= 0.3 is 0 Å². The molecule has 2 heterocycles. The average Bonchev–Trinajstić information content (AvgIpc) is 2.86. The summed E-state index contributed by atoms with van der Waals surface area (Å²) < 4.78 is 11.5. The Hall–Kier alpha value is -3.80. The molecule has 2 N–H and O–H groups in total. The van der Waals surface area contributed by atoms with Crippen LogP contribution in [0.2, 0.25) is 0 Å². The van der Waals surface area contributed by atoms with E-state index in [0.717, 1.165) is 47.6 Å². The highest BCUT2D eigenvalue weighted by Crippen LogP contribution is 2.31. The first-order chi connectivity index (χ1) is 16.2. The molecule has 0 radical (unpaired) electrons. The van der Waals surface area contributed by atoms with E-state index in [1.165, 1.54) is 5.56 Å². The Labute approximate surface area is 192 Å². The number of ether oxygens (including phenoxy) is 2. The second kappa shape index (κ2) is 9.36. The fourth-order valence-corrected chi connectivity index (χ4v) is 4.37. The number of anilines is 1. The average molecular weight is 443 g/mol. The first-order valence-electron chi connectivity index (χ1n) is 11.3. The molecule has 6 nitrogen and oxygen atoms in total. The van der Waals surface area contributed by atoms with Crippen LogP contribution in [0.25, 0.3) is 0 Å². The number of hydrogen-bond acceptors (Lipinski definition) is 4. The quantitative estimate of drug-likeness (QED) is 0.601. The van der Waals surface area contributed by atoms with Crippen molar-refractivity contribution in [3.8, 4) is 11.5 Å². The molecule has 5 rings (SSSR count). The van der Waals surface area contributed by atoms with Crippen LogP contribution in [0.1, 0.15) is 41.1 Å². The molecular formula is C27H26N2O4. The maximum atomic E-state index is 12.9. The summed E-state index contributed by atoms with van der Waals surface area (Å²) in [7, 11) is 0. The molecule has 3 aromatic carbocycles.